The van der Waals surface area contributed by atoms with E-state index in [9.17, 15) is 13.6 Å². The number of carbonyl (C=O) groups excluding carboxylic acids is 1. The molecule has 6 heteroatoms. The number of halogens is 2. The van der Waals surface area contributed by atoms with Crippen molar-refractivity contribution in [1.29, 1.82) is 0 Å². The molecule has 0 saturated heterocycles. The van der Waals surface area contributed by atoms with E-state index in [1.807, 2.05) is 6.92 Å². The second-order valence-electron chi connectivity index (χ2n) is 5.70. The fourth-order valence-corrected chi connectivity index (χ4v) is 2.49. The van der Waals surface area contributed by atoms with Gasteiger partial charge in [-0.3, -0.25) is 4.79 Å². The van der Waals surface area contributed by atoms with Crippen molar-refractivity contribution in [3.63, 3.8) is 0 Å². The van der Waals surface area contributed by atoms with Gasteiger partial charge in [0.1, 0.15) is 11.6 Å². The summed E-state index contributed by atoms with van der Waals surface area (Å²) in [6.45, 7) is 1.82. The van der Waals surface area contributed by atoms with E-state index in [0.717, 1.165) is 5.56 Å². The lowest BCUT2D eigenvalue weighted by Crippen LogP contribution is -2.29. The summed E-state index contributed by atoms with van der Waals surface area (Å²) in [5.74, 6) is -0.978. The van der Waals surface area contributed by atoms with E-state index < -0.39 is 5.82 Å². The first kappa shape index (κ1) is 16.8. The average Bonchev–Trinajstić information content (AvgIpc) is 3.10. The van der Waals surface area contributed by atoms with E-state index in [1.165, 1.54) is 29.2 Å². The van der Waals surface area contributed by atoms with Gasteiger partial charge in [-0.05, 0) is 36.8 Å². The molecule has 0 aliphatic heterocycles. The van der Waals surface area contributed by atoms with E-state index in [-0.39, 0.29) is 34.8 Å². The number of aromatic nitrogens is 1. The normalized spacial score (nSPS) is 12.0. The van der Waals surface area contributed by atoms with Crippen LogP contribution in [0.1, 0.15) is 29.0 Å². The molecule has 1 heterocycles. The van der Waals surface area contributed by atoms with Crippen molar-refractivity contribution >= 4 is 5.91 Å². The second kappa shape index (κ2) is 6.84. The molecule has 2 aromatic carbocycles. The molecule has 0 fully saturated rings. The van der Waals surface area contributed by atoms with Gasteiger partial charge in [0.25, 0.3) is 5.91 Å². The van der Waals surface area contributed by atoms with Crippen LogP contribution >= 0.6 is 0 Å². The molecular formula is C19H16F2N2O2. The number of amides is 1. The summed E-state index contributed by atoms with van der Waals surface area (Å²) in [4.78, 5) is 14.1. The second-order valence-corrected chi connectivity index (χ2v) is 5.70. The van der Waals surface area contributed by atoms with E-state index >= 15 is 0 Å². The van der Waals surface area contributed by atoms with Crippen LogP contribution in [0.3, 0.4) is 0 Å². The third kappa shape index (κ3) is 3.42. The number of hydrogen-bond donors (Lipinski definition) is 0. The number of carbonyl (C=O) groups is 1. The van der Waals surface area contributed by atoms with Crippen LogP contribution in [0.5, 0.6) is 0 Å². The summed E-state index contributed by atoms with van der Waals surface area (Å²) in [7, 11) is 1.62. The molecule has 0 bridgehead atoms. The minimum Gasteiger partial charge on any atom is -0.355 e. The Hall–Kier alpha value is -3.02. The van der Waals surface area contributed by atoms with Crippen LogP contribution in [0.25, 0.3) is 11.3 Å². The summed E-state index contributed by atoms with van der Waals surface area (Å²) in [5.41, 5.74) is 1.10. The molecule has 1 aromatic heterocycles. The van der Waals surface area contributed by atoms with E-state index in [1.54, 1.807) is 37.4 Å². The van der Waals surface area contributed by atoms with Crippen LogP contribution in [-0.2, 0) is 0 Å². The molecule has 1 amide bonds. The Morgan fingerprint density at radius 2 is 1.80 bits per heavy atom. The predicted octanol–water partition coefficient (Wildman–Crippen LogP) is 4.45. The van der Waals surface area contributed by atoms with Crippen molar-refractivity contribution in [3.05, 3.63) is 77.5 Å². The summed E-state index contributed by atoms with van der Waals surface area (Å²) < 4.78 is 32.0. The molecule has 0 spiro atoms. The quantitative estimate of drug-likeness (QED) is 0.703. The van der Waals surface area contributed by atoms with Gasteiger partial charge in [-0.1, -0.05) is 29.4 Å². The number of benzene rings is 2. The van der Waals surface area contributed by atoms with Gasteiger partial charge in [0.05, 0.1) is 11.6 Å². The Labute approximate surface area is 143 Å². The Balaban J connectivity index is 1.81. The summed E-state index contributed by atoms with van der Waals surface area (Å²) in [5, 5.41) is 3.75. The topological polar surface area (TPSA) is 46.3 Å². The highest BCUT2D eigenvalue weighted by molar-refractivity contribution is 5.93. The van der Waals surface area contributed by atoms with E-state index in [4.69, 9.17) is 4.52 Å². The van der Waals surface area contributed by atoms with Crippen molar-refractivity contribution in [2.45, 2.75) is 13.0 Å². The standard InChI is InChI=1S/C19H16F2N2O2/c1-12(13-7-9-14(20)10-8-13)23(2)19(24)17-11-18(25-22-17)15-5-3-4-6-16(15)21/h3-12H,1-2H3/t12-/m0/s1. The highest BCUT2D eigenvalue weighted by Gasteiger charge is 2.23. The zero-order valence-electron chi connectivity index (χ0n) is 13.7. The minimum atomic E-state index is -0.453. The third-order valence-electron chi connectivity index (χ3n) is 4.12. The molecule has 25 heavy (non-hydrogen) atoms. The highest BCUT2D eigenvalue weighted by atomic mass is 19.1. The Kier molecular flexibility index (Phi) is 4.61. The molecular weight excluding hydrogens is 326 g/mol. The maximum absolute atomic E-state index is 13.8. The molecule has 1 atom stereocenters. The van der Waals surface area contributed by atoms with Gasteiger partial charge in [0.15, 0.2) is 11.5 Å². The Morgan fingerprint density at radius 3 is 2.48 bits per heavy atom. The zero-order chi connectivity index (χ0) is 18.0. The predicted molar refractivity (Wildman–Crippen MR) is 88.8 cm³/mol. The molecule has 3 aromatic rings. The SMILES string of the molecule is C[C@@H](c1ccc(F)cc1)N(C)C(=O)c1cc(-c2ccccc2F)on1. The van der Waals surface area contributed by atoms with Gasteiger partial charge >= 0.3 is 0 Å². The fourth-order valence-electron chi connectivity index (χ4n) is 2.49. The van der Waals surface area contributed by atoms with Crippen molar-refractivity contribution in [1.82, 2.24) is 10.1 Å². The van der Waals surface area contributed by atoms with Gasteiger partial charge in [0.2, 0.25) is 0 Å². The van der Waals surface area contributed by atoms with Gasteiger partial charge in [-0.2, -0.15) is 0 Å². The lowest BCUT2D eigenvalue weighted by atomic mass is 10.1. The van der Waals surface area contributed by atoms with Crippen molar-refractivity contribution < 1.29 is 18.1 Å². The Morgan fingerprint density at radius 1 is 1.12 bits per heavy atom. The largest absolute Gasteiger partial charge is 0.355 e. The van der Waals surface area contributed by atoms with Gasteiger partial charge < -0.3 is 9.42 Å². The molecule has 0 unspecified atom stereocenters. The molecule has 0 saturated carbocycles. The minimum absolute atomic E-state index is 0.0784. The van der Waals surface area contributed by atoms with Crippen LogP contribution < -0.4 is 0 Å². The third-order valence-corrected chi connectivity index (χ3v) is 4.12. The van der Waals surface area contributed by atoms with Crippen LogP contribution in [0.15, 0.2) is 59.1 Å². The maximum Gasteiger partial charge on any atom is 0.276 e. The molecule has 0 aliphatic carbocycles. The lowest BCUT2D eigenvalue weighted by Gasteiger charge is -2.24. The highest BCUT2D eigenvalue weighted by Crippen LogP contribution is 2.25. The molecule has 0 N–H and O–H groups in total. The first-order valence-corrected chi connectivity index (χ1v) is 7.71. The van der Waals surface area contributed by atoms with Crippen molar-refractivity contribution in [3.8, 4) is 11.3 Å². The first-order chi connectivity index (χ1) is 12.0. The number of nitrogens with zero attached hydrogens (tertiary/aromatic N) is 2. The zero-order valence-corrected chi connectivity index (χ0v) is 13.7. The van der Waals surface area contributed by atoms with Crippen LogP contribution in [0.4, 0.5) is 8.78 Å². The molecule has 4 nitrogen and oxygen atoms in total. The molecule has 0 aliphatic rings. The van der Waals surface area contributed by atoms with Crippen molar-refractivity contribution in [2.24, 2.45) is 0 Å². The number of hydrogen-bond acceptors (Lipinski definition) is 3. The summed E-state index contributed by atoms with van der Waals surface area (Å²) in [6.07, 6.45) is 0. The van der Waals surface area contributed by atoms with Gasteiger partial charge in [0, 0.05) is 13.1 Å². The summed E-state index contributed by atoms with van der Waals surface area (Å²) >= 11 is 0. The van der Waals surface area contributed by atoms with Gasteiger partial charge in [-0.25, -0.2) is 8.78 Å². The monoisotopic (exact) mass is 342 g/mol. The van der Waals surface area contributed by atoms with Crippen LogP contribution in [0.2, 0.25) is 0 Å². The smallest absolute Gasteiger partial charge is 0.276 e. The molecule has 0 radical (unpaired) electrons. The fraction of sp³-hybridized carbons (Fsp3) is 0.158. The van der Waals surface area contributed by atoms with E-state index in [0.29, 0.717) is 0 Å². The van der Waals surface area contributed by atoms with Crippen molar-refractivity contribution in [2.75, 3.05) is 7.05 Å². The molecule has 3 rings (SSSR count). The molecule has 128 valence electrons. The number of rotatable bonds is 4. The maximum atomic E-state index is 13.8. The average molecular weight is 342 g/mol. The first-order valence-electron chi connectivity index (χ1n) is 7.71. The van der Waals surface area contributed by atoms with Gasteiger partial charge in [-0.15, -0.1) is 0 Å². The lowest BCUT2D eigenvalue weighted by molar-refractivity contribution is 0.0732. The summed E-state index contributed by atoms with van der Waals surface area (Å²) in [6, 6.07) is 13.2. The van der Waals surface area contributed by atoms with E-state index in [2.05, 4.69) is 5.16 Å². The van der Waals surface area contributed by atoms with Crippen LogP contribution in [0, 0.1) is 11.6 Å². The van der Waals surface area contributed by atoms with Crippen LogP contribution in [-0.4, -0.2) is 23.0 Å². The Bertz CT molecular complexity index is 890.